The second-order valence-corrected chi connectivity index (χ2v) is 5.41. The van der Waals surface area contributed by atoms with Crippen molar-refractivity contribution in [3.8, 4) is 0 Å². The Morgan fingerprint density at radius 1 is 1.05 bits per heavy atom. The van der Waals surface area contributed by atoms with Crippen LogP contribution in [0.15, 0.2) is 0 Å². The van der Waals surface area contributed by atoms with Gasteiger partial charge in [-0.2, -0.15) is 0 Å². The summed E-state index contributed by atoms with van der Waals surface area (Å²) in [5, 5.41) is 13.5. The summed E-state index contributed by atoms with van der Waals surface area (Å²) in [5.74, 6) is -3.23. The van der Waals surface area contributed by atoms with Crippen molar-refractivity contribution in [3.05, 3.63) is 0 Å². The van der Waals surface area contributed by atoms with Crippen molar-refractivity contribution in [1.29, 1.82) is 0 Å². The molecule has 0 aromatic heterocycles. The average molecular weight is 316 g/mol. The van der Waals surface area contributed by atoms with E-state index in [-0.39, 0.29) is 18.8 Å². The fraction of sp³-hybridized carbons (Fsp3) is 0.692. The molecular weight excluding hydrogens is 292 g/mol. The maximum Gasteiger partial charge on any atom is 0.325 e. The number of rotatable bonds is 9. The normalized spacial score (nSPS) is 14.8. The minimum Gasteiger partial charge on any atom is -0.480 e. The number of carbonyl (C=O) groups excluding carboxylic acids is 3. The lowest BCUT2D eigenvalue weighted by atomic mass is 10.0. The minimum atomic E-state index is -1.18. The Bertz CT molecular complexity index is 438. The highest BCUT2D eigenvalue weighted by atomic mass is 16.4. The van der Waals surface area contributed by atoms with Crippen molar-refractivity contribution in [2.75, 3.05) is 0 Å². The Kier molecular flexibility index (Phi) is 8.10. The molecule has 0 aliphatic rings. The van der Waals surface area contributed by atoms with E-state index in [4.69, 9.17) is 16.6 Å². The molecule has 0 radical (unpaired) electrons. The minimum absolute atomic E-state index is 0.0385. The third-order valence-electron chi connectivity index (χ3n) is 3.01. The van der Waals surface area contributed by atoms with Crippen LogP contribution in [-0.4, -0.2) is 46.9 Å². The third kappa shape index (κ3) is 7.02. The highest BCUT2D eigenvalue weighted by molar-refractivity contribution is 5.92. The van der Waals surface area contributed by atoms with Crippen molar-refractivity contribution in [2.24, 2.45) is 17.4 Å². The van der Waals surface area contributed by atoms with Gasteiger partial charge in [-0.15, -0.1) is 0 Å². The van der Waals surface area contributed by atoms with Gasteiger partial charge >= 0.3 is 5.97 Å². The first kappa shape index (κ1) is 19.8. The number of hydrogen-bond donors (Lipinski definition) is 5. The van der Waals surface area contributed by atoms with Gasteiger partial charge < -0.3 is 27.2 Å². The van der Waals surface area contributed by atoms with E-state index >= 15 is 0 Å². The molecule has 0 aromatic rings. The van der Waals surface area contributed by atoms with Crippen LogP contribution in [0.5, 0.6) is 0 Å². The van der Waals surface area contributed by atoms with Crippen LogP contribution in [0.4, 0.5) is 0 Å². The van der Waals surface area contributed by atoms with E-state index in [9.17, 15) is 19.2 Å². The van der Waals surface area contributed by atoms with Gasteiger partial charge in [0.05, 0.1) is 6.04 Å². The van der Waals surface area contributed by atoms with Crippen molar-refractivity contribution < 1.29 is 24.3 Å². The van der Waals surface area contributed by atoms with E-state index in [1.54, 1.807) is 13.8 Å². The lowest BCUT2D eigenvalue weighted by Crippen LogP contribution is -2.55. The molecule has 0 bridgehead atoms. The molecule has 9 nitrogen and oxygen atoms in total. The summed E-state index contributed by atoms with van der Waals surface area (Å²) in [6, 6.07) is -2.97. The van der Waals surface area contributed by atoms with Gasteiger partial charge in [0.2, 0.25) is 17.7 Å². The molecule has 9 heteroatoms. The number of carboxylic acids is 1. The predicted octanol–water partition coefficient (Wildman–Crippen LogP) is -1.69. The number of primary amides is 1. The molecule has 0 aliphatic heterocycles. The van der Waals surface area contributed by atoms with E-state index in [2.05, 4.69) is 10.6 Å². The molecule has 3 atom stereocenters. The number of nitrogens with one attached hydrogen (secondary N) is 2. The van der Waals surface area contributed by atoms with Crippen molar-refractivity contribution >= 4 is 23.7 Å². The summed E-state index contributed by atoms with van der Waals surface area (Å²) in [6.45, 7) is 4.72. The van der Waals surface area contributed by atoms with E-state index in [0.717, 1.165) is 0 Å². The summed E-state index contributed by atoms with van der Waals surface area (Å²) >= 11 is 0. The van der Waals surface area contributed by atoms with Crippen LogP contribution >= 0.6 is 0 Å². The Hall–Kier alpha value is -2.16. The average Bonchev–Trinajstić information content (AvgIpc) is 2.40. The summed E-state index contributed by atoms with van der Waals surface area (Å²) in [5.41, 5.74) is 10.6. The maximum absolute atomic E-state index is 12.0. The number of carbonyl (C=O) groups is 4. The van der Waals surface area contributed by atoms with Crippen LogP contribution in [0.3, 0.4) is 0 Å². The van der Waals surface area contributed by atoms with Crippen molar-refractivity contribution in [1.82, 2.24) is 10.6 Å². The van der Waals surface area contributed by atoms with Gasteiger partial charge in [0.1, 0.15) is 12.1 Å². The van der Waals surface area contributed by atoms with Gasteiger partial charge in [0, 0.05) is 6.42 Å². The molecule has 0 saturated heterocycles. The molecule has 0 aliphatic carbocycles. The molecule has 7 N–H and O–H groups in total. The molecule has 3 amide bonds. The SMILES string of the molecule is CC(C)[C@H](NC(=O)[C@@H](N)CCC(N)=O)C(=O)N[C@@H](C)C(=O)O. The molecule has 0 saturated carbocycles. The highest BCUT2D eigenvalue weighted by Crippen LogP contribution is 2.04. The van der Waals surface area contributed by atoms with E-state index in [1.165, 1.54) is 6.92 Å². The van der Waals surface area contributed by atoms with E-state index < -0.39 is 41.8 Å². The molecule has 0 fully saturated rings. The molecule has 126 valence electrons. The molecule has 0 rings (SSSR count). The lowest BCUT2D eigenvalue weighted by Gasteiger charge is -2.24. The molecule has 0 unspecified atom stereocenters. The summed E-state index contributed by atoms with van der Waals surface area (Å²) in [7, 11) is 0. The topological polar surface area (TPSA) is 165 Å². The Labute approximate surface area is 128 Å². The second-order valence-electron chi connectivity index (χ2n) is 5.41. The van der Waals surface area contributed by atoms with Gasteiger partial charge in [-0.05, 0) is 19.3 Å². The maximum atomic E-state index is 12.0. The zero-order valence-corrected chi connectivity index (χ0v) is 13.0. The van der Waals surface area contributed by atoms with Crippen molar-refractivity contribution in [2.45, 2.75) is 51.7 Å². The van der Waals surface area contributed by atoms with E-state index in [1.807, 2.05) is 0 Å². The molecule has 0 spiro atoms. The van der Waals surface area contributed by atoms with Crippen LogP contribution < -0.4 is 22.1 Å². The number of nitrogens with two attached hydrogens (primary N) is 2. The van der Waals surface area contributed by atoms with Gasteiger partial charge in [-0.25, -0.2) is 0 Å². The van der Waals surface area contributed by atoms with Gasteiger partial charge in [0.25, 0.3) is 0 Å². The monoisotopic (exact) mass is 316 g/mol. The highest BCUT2D eigenvalue weighted by Gasteiger charge is 2.28. The molecule has 0 aromatic carbocycles. The quantitative estimate of drug-likeness (QED) is 0.340. The van der Waals surface area contributed by atoms with Crippen molar-refractivity contribution in [3.63, 3.8) is 0 Å². The van der Waals surface area contributed by atoms with Gasteiger partial charge in [-0.3, -0.25) is 19.2 Å². The Morgan fingerprint density at radius 3 is 2.00 bits per heavy atom. The lowest BCUT2D eigenvalue weighted by molar-refractivity contribution is -0.142. The smallest absolute Gasteiger partial charge is 0.325 e. The Morgan fingerprint density at radius 2 is 1.59 bits per heavy atom. The summed E-state index contributed by atoms with van der Waals surface area (Å²) < 4.78 is 0. The number of hydrogen-bond acceptors (Lipinski definition) is 5. The summed E-state index contributed by atoms with van der Waals surface area (Å²) in [6.07, 6.45) is 0.0301. The molecule has 0 heterocycles. The first-order chi connectivity index (χ1) is 10.1. The second kappa shape index (κ2) is 8.98. The fourth-order valence-electron chi connectivity index (χ4n) is 1.59. The largest absolute Gasteiger partial charge is 0.480 e. The fourth-order valence-corrected chi connectivity index (χ4v) is 1.59. The third-order valence-corrected chi connectivity index (χ3v) is 3.01. The van der Waals surface area contributed by atoms with Gasteiger partial charge in [0.15, 0.2) is 0 Å². The number of carboxylic acid groups (broad SMARTS) is 1. The van der Waals surface area contributed by atoms with Crippen LogP contribution in [0.25, 0.3) is 0 Å². The zero-order valence-electron chi connectivity index (χ0n) is 13.0. The van der Waals surface area contributed by atoms with Crippen LogP contribution in [-0.2, 0) is 19.2 Å². The zero-order chi connectivity index (χ0) is 17.4. The predicted molar refractivity (Wildman–Crippen MR) is 78.4 cm³/mol. The number of aliphatic carboxylic acids is 1. The van der Waals surface area contributed by atoms with Crippen LogP contribution in [0, 0.1) is 5.92 Å². The number of amides is 3. The van der Waals surface area contributed by atoms with E-state index in [0.29, 0.717) is 0 Å². The van der Waals surface area contributed by atoms with Crippen LogP contribution in [0.1, 0.15) is 33.6 Å². The van der Waals surface area contributed by atoms with Gasteiger partial charge in [-0.1, -0.05) is 13.8 Å². The standard InChI is InChI=1S/C13H24N4O5/c1-6(2)10(12(20)16-7(3)13(21)22)17-11(19)8(14)4-5-9(15)18/h6-8,10H,4-5,14H2,1-3H3,(H2,15,18)(H,16,20)(H,17,19)(H,21,22)/t7-,8-,10-/m0/s1. The first-order valence-electron chi connectivity index (χ1n) is 6.93. The Balaban J connectivity index is 4.69. The summed E-state index contributed by atoms with van der Waals surface area (Å²) in [4.78, 5) is 45.3. The molecular formula is C13H24N4O5. The molecule has 22 heavy (non-hydrogen) atoms. The van der Waals surface area contributed by atoms with Crippen LogP contribution in [0.2, 0.25) is 0 Å². The first-order valence-corrected chi connectivity index (χ1v) is 6.93.